The van der Waals surface area contributed by atoms with Crippen molar-refractivity contribution in [1.29, 1.82) is 0 Å². The predicted octanol–water partition coefficient (Wildman–Crippen LogP) is 6.28. The van der Waals surface area contributed by atoms with E-state index in [4.69, 9.17) is 32.7 Å². The number of nitrogens with one attached hydrogen (secondary N) is 3. The van der Waals surface area contributed by atoms with E-state index in [0.717, 1.165) is 0 Å². The number of urea groups is 1. The summed E-state index contributed by atoms with van der Waals surface area (Å²) in [6.45, 7) is 5.14. The zero-order valence-electron chi connectivity index (χ0n) is 21.4. The van der Waals surface area contributed by atoms with E-state index in [0.29, 0.717) is 28.9 Å². The monoisotopic (exact) mass is 573 g/mol. The molecular weight excluding hydrogens is 545 g/mol. The minimum Gasteiger partial charge on any atom is -0.491 e. The smallest absolute Gasteiger partial charge is 0.337 e. The Morgan fingerprint density at radius 3 is 2.28 bits per heavy atom. The van der Waals surface area contributed by atoms with Crippen LogP contribution in [-0.4, -0.2) is 49.4 Å². The van der Waals surface area contributed by atoms with Crippen LogP contribution in [0.5, 0.6) is 5.75 Å². The molecule has 0 radical (unpaired) electrons. The molecule has 3 aromatic carbocycles. The summed E-state index contributed by atoms with van der Waals surface area (Å²) in [6, 6.07) is 16.0. The third kappa shape index (κ3) is 9.17. The molecule has 0 saturated heterocycles. The summed E-state index contributed by atoms with van der Waals surface area (Å²) in [5.74, 6) is -1.11. The standard InChI is InChI=1S/C28H29Cl2N3O6/c1-17(2)18-3-6-20(7-4-18)32-28(37)31-11-12-38-13-14-39-21-8-10-25(23(16-21)27(35)36)33-26(34)22-9-5-19(29)15-24(22)30/h3-10,15-17H,11-14H2,1-2H3,(H,33,34)(H,35,36)(H2,31,32,37). The molecule has 0 atom stereocenters. The highest BCUT2D eigenvalue weighted by Gasteiger charge is 2.17. The normalized spacial score (nSPS) is 10.7. The first-order chi connectivity index (χ1) is 18.6. The predicted molar refractivity (Wildman–Crippen MR) is 152 cm³/mol. The number of aromatic carboxylic acids is 1. The molecule has 0 spiro atoms. The molecule has 206 valence electrons. The van der Waals surface area contributed by atoms with E-state index in [-0.39, 0.29) is 47.7 Å². The zero-order valence-corrected chi connectivity index (χ0v) is 22.9. The highest BCUT2D eigenvalue weighted by atomic mass is 35.5. The van der Waals surface area contributed by atoms with Crippen molar-refractivity contribution in [3.05, 3.63) is 87.4 Å². The molecule has 0 aromatic heterocycles. The molecule has 0 heterocycles. The van der Waals surface area contributed by atoms with E-state index in [1.54, 1.807) is 0 Å². The Morgan fingerprint density at radius 1 is 0.872 bits per heavy atom. The Balaban J connectivity index is 1.40. The van der Waals surface area contributed by atoms with Gasteiger partial charge < -0.3 is 30.5 Å². The van der Waals surface area contributed by atoms with Gasteiger partial charge in [-0.05, 0) is 60.0 Å². The van der Waals surface area contributed by atoms with Gasteiger partial charge in [-0.1, -0.05) is 49.2 Å². The average Bonchev–Trinajstić information content (AvgIpc) is 2.88. The van der Waals surface area contributed by atoms with Gasteiger partial charge in [-0.15, -0.1) is 0 Å². The molecule has 4 N–H and O–H groups in total. The minimum absolute atomic E-state index is 0.0855. The third-order valence-corrected chi connectivity index (χ3v) is 6.06. The number of amides is 3. The van der Waals surface area contributed by atoms with Crippen LogP contribution in [0.1, 0.15) is 46.0 Å². The Hall–Kier alpha value is -3.79. The fraction of sp³-hybridized carbons (Fsp3) is 0.250. The summed E-state index contributed by atoms with van der Waals surface area (Å²) in [5.41, 5.74) is 1.98. The van der Waals surface area contributed by atoms with Gasteiger partial charge in [0.25, 0.3) is 5.91 Å². The van der Waals surface area contributed by atoms with Gasteiger partial charge in [0, 0.05) is 17.3 Å². The minimum atomic E-state index is -1.24. The lowest BCUT2D eigenvalue weighted by Gasteiger charge is -2.13. The maximum atomic E-state index is 12.6. The highest BCUT2D eigenvalue weighted by Crippen LogP contribution is 2.26. The molecule has 0 aliphatic rings. The first kappa shape index (κ1) is 29.8. The van der Waals surface area contributed by atoms with Crippen LogP contribution < -0.4 is 20.7 Å². The number of halogens is 2. The number of hydrogen-bond donors (Lipinski definition) is 4. The van der Waals surface area contributed by atoms with Crippen molar-refractivity contribution in [2.45, 2.75) is 19.8 Å². The van der Waals surface area contributed by atoms with Gasteiger partial charge in [0.05, 0.1) is 35.1 Å². The van der Waals surface area contributed by atoms with Gasteiger partial charge in [-0.3, -0.25) is 4.79 Å². The van der Waals surface area contributed by atoms with Crippen molar-refractivity contribution >= 4 is 52.5 Å². The second kappa shape index (κ2) is 14.4. The highest BCUT2D eigenvalue weighted by molar-refractivity contribution is 6.37. The lowest BCUT2D eigenvalue weighted by Crippen LogP contribution is -2.31. The fourth-order valence-electron chi connectivity index (χ4n) is 3.45. The quantitative estimate of drug-likeness (QED) is 0.189. The van der Waals surface area contributed by atoms with Gasteiger partial charge in [-0.25, -0.2) is 9.59 Å². The Morgan fingerprint density at radius 2 is 1.62 bits per heavy atom. The van der Waals surface area contributed by atoms with Crippen molar-refractivity contribution in [3.8, 4) is 5.75 Å². The van der Waals surface area contributed by atoms with Crippen molar-refractivity contribution in [3.63, 3.8) is 0 Å². The molecule has 11 heteroatoms. The van der Waals surface area contributed by atoms with Crippen molar-refractivity contribution < 1.29 is 29.0 Å². The van der Waals surface area contributed by atoms with Gasteiger partial charge >= 0.3 is 12.0 Å². The number of ether oxygens (including phenoxy) is 2. The molecule has 3 rings (SSSR count). The molecule has 9 nitrogen and oxygen atoms in total. The summed E-state index contributed by atoms with van der Waals surface area (Å²) in [6.07, 6.45) is 0. The molecule has 0 aliphatic carbocycles. The number of carbonyl (C=O) groups is 3. The Bertz CT molecular complexity index is 1320. The van der Waals surface area contributed by atoms with Crippen LogP contribution in [0.3, 0.4) is 0 Å². The molecule has 0 unspecified atom stereocenters. The number of carbonyl (C=O) groups excluding carboxylic acids is 2. The van der Waals surface area contributed by atoms with Gasteiger partial charge in [-0.2, -0.15) is 0 Å². The Labute approximate surface area is 236 Å². The largest absolute Gasteiger partial charge is 0.491 e. The molecule has 3 aromatic rings. The number of hydrogen-bond acceptors (Lipinski definition) is 5. The lowest BCUT2D eigenvalue weighted by atomic mass is 10.0. The summed E-state index contributed by atoms with van der Waals surface area (Å²) >= 11 is 11.9. The van der Waals surface area contributed by atoms with Crippen molar-refractivity contribution in [2.75, 3.05) is 37.0 Å². The molecule has 0 aliphatic heterocycles. The van der Waals surface area contributed by atoms with Gasteiger partial charge in [0.1, 0.15) is 12.4 Å². The fourth-order valence-corrected chi connectivity index (χ4v) is 3.94. The van der Waals surface area contributed by atoms with Crippen molar-refractivity contribution in [2.24, 2.45) is 0 Å². The average molecular weight is 574 g/mol. The van der Waals surface area contributed by atoms with Gasteiger partial charge in [0.2, 0.25) is 0 Å². The zero-order chi connectivity index (χ0) is 28.4. The number of carboxylic acid groups (broad SMARTS) is 1. The van der Waals surface area contributed by atoms with E-state index < -0.39 is 11.9 Å². The van der Waals surface area contributed by atoms with Crippen LogP contribution in [0.15, 0.2) is 60.7 Å². The number of benzene rings is 3. The molecule has 0 saturated carbocycles. The van der Waals surface area contributed by atoms with E-state index >= 15 is 0 Å². The maximum Gasteiger partial charge on any atom is 0.337 e. The summed E-state index contributed by atoms with van der Waals surface area (Å²) < 4.78 is 11.0. The molecule has 0 bridgehead atoms. The maximum absolute atomic E-state index is 12.6. The molecule has 0 fully saturated rings. The second-order valence-electron chi connectivity index (χ2n) is 8.71. The van der Waals surface area contributed by atoms with Crippen LogP contribution >= 0.6 is 23.2 Å². The third-order valence-electron chi connectivity index (χ3n) is 5.51. The van der Waals surface area contributed by atoms with Crippen LogP contribution in [-0.2, 0) is 4.74 Å². The van der Waals surface area contributed by atoms with E-state index in [2.05, 4.69) is 29.8 Å². The van der Waals surface area contributed by atoms with Crippen LogP contribution in [0.25, 0.3) is 0 Å². The van der Waals surface area contributed by atoms with Gasteiger partial charge in [0.15, 0.2) is 0 Å². The van der Waals surface area contributed by atoms with E-state index in [1.165, 1.54) is 42.0 Å². The van der Waals surface area contributed by atoms with Crippen LogP contribution in [0.4, 0.5) is 16.2 Å². The number of rotatable bonds is 12. The SMILES string of the molecule is CC(C)c1ccc(NC(=O)NCCOCCOc2ccc(NC(=O)c3ccc(Cl)cc3Cl)c(C(=O)O)c2)cc1. The van der Waals surface area contributed by atoms with E-state index in [1.807, 2.05) is 24.3 Å². The van der Waals surface area contributed by atoms with Crippen molar-refractivity contribution in [1.82, 2.24) is 5.32 Å². The molecule has 3 amide bonds. The lowest BCUT2D eigenvalue weighted by molar-refractivity contribution is 0.0697. The first-order valence-electron chi connectivity index (χ1n) is 12.1. The summed E-state index contributed by atoms with van der Waals surface area (Å²) in [5, 5.41) is 18.1. The Kier molecular flexibility index (Phi) is 11.0. The van der Waals surface area contributed by atoms with Crippen LogP contribution in [0, 0.1) is 0 Å². The molecular formula is C28H29Cl2N3O6. The number of carboxylic acids is 1. The number of anilines is 2. The molecule has 39 heavy (non-hydrogen) atoms. The first-order valence-corrected chi connectivity index (χ1v) is 12.9. The summed E-state index contributed by atoms with van der Waals surface area (Å²) in [7, 11) is 0. The van der Waals surface area contributed by atoms with E-state index in [9.17, 15) is 19.5 Å². The van der Waals surface area contributed by atoms with Crippen LogP contribution in [0.2, 0.25) is 10.0 Å². The second-order valence-corrected chi connectivity index (χ2v) is 9.55. The topological polar surface area (TPSA) is 126 Å². The summed E-state index contributed by atoms with van der Waals surface area (Å²) in [4.78, 5) is 36.3.